The monoisotopic (exact) mass is 353 g/mol. The van der Waals surface area contributed by atoms with E-state index in [9.17, 15) is 5.11 Å². The lowest BCUT2D eigenvalue weighted by Crippen LogP contribution is -2.14. The summed E-state index contributed by atoms with van der Waals surface area (Å²) in [5.41, 5.74) is 7.01. The molecule has 2 nitrogen and oxygen atoms in total. The molecule has 1 atom stereocenters. The van der Waals surface area contributed by atoms with Gasteiger partial charge in [-0.2, -0.15) is 0 Å². The Morgan fingerprint density at radius 3 is 2.00 bits per heavy atom. The van der Waals surface area contributed by atoms with E-state index < -0.39 is 6.10 Å². The highest BCUT2D eigenvalue weighted by molar-refractivity contribution is 5.73. The summed E-state index contributed by atoms with van der Waals surface area (Å²) < 4.78 is 0. The maximum absolute atomic E-state index is 10.7. The highest BCUT2D eigenvalue weighted by Gasteiger charge is 2.25. The Morgan fingerprint density at radius 1 is 0.885 bits per heavy atom. The molecule has 1 N–H and O–H groups in total. The van der Waals surface area contributed by atoms with Crippen LogP contribution in [0.1, 0.15) is 101 Å². The van der Waals surface area contributed by atoms with Gasteiger partial charge in [0.15, 0.2) is 0 Å². The quantitative estimate of drug-likeness (QED) is 0.530. The number of unbranched alkanes of at least 4 members (excludes halogenated alkanes) is 2. The highest BCUT2D eigenvalue weighted by atomic mass is 16.3. The molecule has 0 saturated carbocycles. The van der Waals surface area contributed by atoms with E-state index in [0.29, 0.717) is 5.92 Å². The fourth-order valence-corrected chi connectivity index (χ4v) is 3.76. The Morgan fingerprint density at radius 2 is 1.50 bits per heavy atom. The second-order valence-corrected chi connectivity index (χ2v) is 7.96. The first-order chi connectivity index (χ1) is 12.4. The second-order valence-electron chi connectivity index (χ2n) is 7.96. The molecular formula is C24H35NO. The fourth-order valence-electron chi connectivity index (χ4n) is 3.76. The van der Waals surface area contributed by atoms with Crippen LogP contribution in [0.4, 0.5) is 0 Å². The normalized spacial score (nSPS) is 12.8. The first-order valence-corrected chi connectivity index (χ1v) is 10.2. The Balaban J connectivity index is 2.83. The molecule has 0 aliphatic carbocycles. The third-order valence-corrected chi connectivity index (χ3v) is 5.00. The van der Waals surface area contributed by atoms with Crippen LogP contribution in [0, 0.1) is 0 Å². The van der Waals surface area contributed by atoms with Crippen LogP contribution < -0.4 is 0 Å². The summed E-state index contributed by atoms with van der Waals surface area (Å²) in [6.07, 6.45) is 4.09. The molecule has 2 rings (SSSR count). The van der Waals surface area contributed by atoms with Crippen molar-refractivity contribution in [3.8, 4) is 11.1 Å². The molecule has 2 aromatic rings. The lowest BCUT2D eigenvalue weighted by Gasteiger charge is -2.26. The van der Waals surface area contributed by atoms with Crippen molar-refractivity contribution < 1.29 is 5.11 Å². The van der Waals surface area contributed by atoms with E-state index in [1.807, 2.05) is 6.92 Å². The third-order valence-electron chi connectivity index (χ3n) is 5.00. The first kappa shape index (κ1) is 20.6. The molecule has 0 fully saturated rings. The van der Waals surface area contributed by atoms with Crippen LogP contribution >= 0.6 is 0 Å². The highest BCUT2D eigenvalue weighted by Crippen LogP contribution is 2.40. The van der Waals surface area contributed by atoms with Crippen molar-refractivity contribution in [3.05, 3.63) is 52.8 Å². The lowest BCUT2D eigenvalue weighted by molar-refractivity contribution is 0.197. The molecule has 2 heteroatoms. The number of pyridine rings is 1. The zero-order valence-electron chi connectivity index (χ0n) is 17.3. The van der Waals surface area contributed by atoms with Crippen molar-refractivity contribution in [2.24, 2.45) is 0 Å². The Labute approximate surface area is 159 Å². The Kier molecular flexibility index (Phi) is 7.40. The van der Waals surface area contributed by atoms with Crippen LogP contribution in [0.5, 0.6) is 0 Å². The minimum Gasteiger partial charge on any atom is -0.389 e. The average molecular weight is 354 g/mol. The number of rotatable bonds is 8. The molecule has 1 aromatic carbocycles. The van der Waals surface area contributed by atoms with Gasteiger partial charge >= 0.3 is 0 Å². The minimum absolute atomic E-state index is 0.282. The molecule has 1 unspecified atom stereocenters. The standard InChI is InChI=1S/C24H35NO/c1-7-8-10-15-20-22(19-13-11-9-12-14-19)21(18(6)26)24(17(4)5)25-23(20)16(2)3/h9,11-14,16-18,26H,7-8,10,15H2,1-6H3. The van der Waals surface area contributed by atoms with Crippen molar-refractivity contribution in [2.75, 3.05) is 0 Å². The van der Waals surface area contributed by atoms with Gasteiger partial charge in [-0.3, -0.25) is 4.98 Å². The van der Waals surface area contributed by atoms with Crippen molar-refractivity contribution in [3.63, 3.8) is 0 Å². The van der Waals surface area contributed by atoms with Crippen molar-refractivity contribution in [1.82, 2.24) is 4.98 Å². The maximum Gasteiger partial charge on any atom is 0.0785 e. The summed E-state index contributed by atoms with van der Waals surface area (Å²) in [4.78, 5) is 5.10. The van der Waals surface area contributed by atoms with E-state index >= 15 is 0 Å². The van der Waals surface area contributed by atoms with Crippen LogP contribution in [0.3, 0.4) is 0 Å². The summed E-state index contributed by atoms with van der Waals surface area (Å²) in [5.74, 6) is 0.652. The summed E-state index contributed by atoms with van der Waals surface area (Å²) in [5, 5.41) is 10.7. The van der Waals surface area contributed by atoms with Crippen molar-refractivity contribution >= 4 is 0 Å². The maximum atomic E-state index is 10.7. The van der Waals surface area contributed by atoms with Gasteiger partial charge in [-0.15, -0.1) is 0 Å². The second kappa shape index (κ2) is 9.32. The van der Waals surface area contributed by atoms with E-state index in [-0.39, 0.29) is 5.92 Å². The van der Waals surface area contributed by atoms with Crippen LogP contribution in [-0.2, 0) is 6.42 Å². The average Bonchev–Trinajstić information content (AvgIpc) is 2.61. The number of aliphatic hydroxyl groups excluding tert-OH is 1. The van der Waals surface area contributed by atoms with Crippen LogP contribution in [0.15, 0.2) is 30.3 Å². The number of nitrogens with zero attached hydrogens (tertiary/aromatic N) is 1. The van der Waals surface area contributed by atoms with E-state index in [2.05, 4.69) is 65.0 Å². The predicted octanol–water partition coefficient (Wildman–Crippen LogP) is 6.78. The van der Waals surface area contributed by atoms with E-state index in [0.717, 1.165) is 24.1 Å². The molecule has 0 aliphatic rings. The largest absolute Gasteiger partial charge is 0.389 e. The SMILES string of the molecule is CCCCCc1c(C(C)C)nc(C(C)C)c(C(C)O)c1-c1ccccc1. The number of hydrogen-bond acceptors (Lipinski definition) is 2. The fraction of sp³-hybridized carbons (Fsp3) is 0.542. The van der Waals surface area contributed by atoms with Gasteiger partial charge in [0.2, 0.25) is 0 Å². The van der Waals surface area contributed by atoms with Gasteiger partial charge in [-0.05, 0) is 48.3 Å². The molecule has 0 saturated heterocycles. The van der Waals surface area contributed by atoms with Crippen LogP contribution in [0.2, 0.25) is 0 Å². The van der Waals surface area contributed by atoms with Gasteiger partial charge in [0.25, 0.3) is 0 Å². The molecule has 1 aromatic heterocycles. The Hall–Kier alpha value is -1.67. The van der Waals surface area contributed by atoms with Gasteiger partial charge in [0.1, 0.15) is 0 Å². The van der Waals surface area contributed by atoms with Crippen LogP contribution in [-0.4, -0.2) is 10.1 Å². The summed E-state index contributed by atoms with van der Waals surface area (Å²) in [6.45, 7) is 12.9. The molecular weight excluding hydrogens is 318 g/mol. The topological polar surface area (TPSA) is 33.1 Å². The molecule has 0 amide bonds. The van der Waals surface area contributed by atoms with Crippen LogP contribution in [0.25, 0.3) is 11.1 Å². The molecule has 0 spiro atoms. The molecule has 1 heterocycles. The summed E-state index contributed by atoms with van der Waals surface area (Å²) in [7, 11) is 0. The van der Waals surface area contributed by atoms with Gasteiger partial charge < -0.3 is 5.11 Å². The molecule has 0 bridgehead atoms. The van der Waals surface area contributed by atoms with Crippen molar-refractivity contribution in [1.29, 1.82) is 0 Å². The smallest absolute Gasteiger partial charge is 0.0785 e. The van der Waals surface area contributed by atoms with Gasteiger partial charge in [0.05, 0.1) is 6.10 Å². The van der Waals surface area contributed by atoms with Gasteiger partial charge in [-0.25, -0.2) is 0 Å². The Bertz CT molecular complexity index is 702. The predicted molar refractivity (Wildman–Crippen MR) is 112 cm³/mol. The van der Waals surface area contributed by atoms with E-state index in [1.54, 1.807) is 0 Å². The summed E-state index contributed by atoms with van der Waals surface area (Å²) in [6, 6.07) is 10.6. The number of aliphatic hydroxyl groups is 1. The van der Waals surface area contributed by atoms with Gasteiger partial charge in [0, 0.05) is 17.0 Å². The minimum atomic E-state index is -0.527. The van der Waals surface area contributed by atoms with E-state index in [1.165, 1.54) is 35.2 Å². The zero-order chi connectivity index (χ0) is 19.3. The molecule has 0 radical (unpaired) electrons. The zero-order valence-corrected chi connectivity index (χ0v) is 17.3. The number of aromatic nitrogens is 1. The van der Waals surface area contributed by atoms with Gasteiger partial charge in [-0.1, -0.05) is 77.8 Å². The number of benzene rings is 1. The molecule has 0 aliphatic heterocycles. The first-order valence-electron chi connectivity index (χ1n) is 10.2. The third kappa shape index (κ3) is 4.54. The molecule has 142 valence electrons. The van der Waals surface area contributed by atoms with Crippen molar-refractivity contribution in [2.45, 2.75) is 85.2 Å². The van der Waals surface area contributed by atoms with E-state index in [4.69, 9.17) is 4.98 Å². The lowest BCUT2D eigenvalue weighted by atomic mass is 9.83. The molecule has 26 heavy (non-hydrogen) atoms. The summed E-state index contributed by atoms with van der Waals surface area (Å²) >= 11 is 0. The number of hydrogen-bond donors (Lipinski definition) is 1.